The van der Waals surface area contributed by atoms with Crippen LogP contribution in [-0.2, 0) is 6.18 Å². The van der Waals surface area contributed by atoms with Gasteiger partial charge in [0.1, 0.15) is 0 Å². The van der Waals surface area contributed by atoms with E-state index < -0.39 is 11.7 Å². The predicted molar refractivity (Wildman–Crippen MR) is 51.1 cm³/mol. The Morgan fingerprint density at radius 2 is 2.00 bits per heavy atom. The van der Waals surface area contributed by atoms with Crippen LogP contribution in [0.4, 0.5) is 13.2 Å². The molecular formula is C10H8F3N3. The highest BCUT2D eigenvalue weighted by molar-refractivity contribution is 5.40. The summed E-state index contributed by atoms with van der Waals surface area (Å²) in [5.41, 5.74) is -0.118. The van der Waals surface area contributed by atoms with Gasteiger partial charge in [-0.15, -0.1) is 5.10 Å². The second-order valence-corrected chi connectivity index (χ2v) is 3.34. The minimum Gasteiger partial charge on any atom is -0.221 e. The predicted octanol–water partition coefficient (Wildman–Crippen LogP) is 2.59. The van der Waals surface area contributed by atoms with E-state index in [0.717, 1.165) is 6.07 Å². The average molecular weight is 227 g/mol. The first-order chi connectivity index (χ1) is 7.48. The Morgan fingerprint density at radius 3 is 2.56 bits per heavy atom. The molecule has 84 valence electrons. The summed E-state index contributed by atoms with van der Waals surface area (Å²) < 4.78 is 39.2. The standard InChI is InChI=1S/C10H8F3N3/c1-7-2-3-8(16-5-4-14-15-16)6-9(7)10(11,12)13/h2-6H,1H3. The summed E-state index contributed by atoms with van der Waals surface area (Å²) in [6.45, 7) is 1.42. The number of hydrogen-bond acceptors (Lipinski definition) is 2. The quantitative estimate of drug-likeness (QED) is 0.749. The highest BCUT2D eigenvalue weighted by atomic mass is 19.4. The van der Waals surface area contributed by atoms with E-state index in [1.807, 2.05) is 0 Å². The lowest BCUT2D eigenvalue weighted by Gasteiger charge is -2.11. The zero-order valence-corrected chi connectivity index (χ0v) is 8.36. The van der Waals surface area contributed by atoms with Crippen LogP contribution in [0.5, 0.6) is 0 Å². The second kappa shape index (κ2) is 3.62. The van der Waals surface area contributed by atoms with Crippen molar-refractivity contribution in [3.63, 3.8) is 0 Å². The molecule has 0 radical (unpaired) electrons. The van der Waals surface area contributed by atoms with Crippen LogP contribution in [0, 0.1) is 6.92 Å². The molecule has 0 saturated carbocycles. The zero-order valence-electron chi connectivity index (χ0n) is 8.36. The third-order valence-electron chi connectivity index (χ3n) is 2.21. The average Bonchev–Trinajstić information content (AvgIpc) is 2.69. The third kappa shape index (κ3) is 1.91. The molecule has 0 unspecified atom stereocenters. The van der Waals surface area contributed by atoms with Crippen molar-refractivity contribution in [3.05, 3.63) is 41.7 Å². The number of hydrogen-bond donors (Lipinski definition) is 0. The molecule has 0 aliphatic heterocycles. The molecule has 1 aromatic carbocycles. The number of halogens is 3. The number of alkyl halides is 3. The third-order valence-corrected chi connectivity index (χ3v) is 2.21. The van der Waals surface area contributed by atoms with Crippen molar-refractivity contribution in [3.8, 4) is 5.69 Å². The lowest BCUT2D eigenvalue weighted by Crippen LogP contribution is -2.09. The van der Waals surface area contributed by atoms with Gasteiger partial charge in [0.05, 0.1) is 23.6 Å². The molecule has 3 nitrogen and oxygen atoms in total. The summed E-state index contributed by atoms with van der Waals surface area (Å²) in [4.78, 5) is 0. The molecule has 1 heterocycles. The summed E-state index contributed by atoms with van der Waals surface area (Å²) in [5.74, 6) is 0. The first kappa shape index (κ1) is 10.7. The van der Waals surface area contributed by atoms with Gasteiger partial charge in [-0.25, -0.2) is 4.68 Å². The summed E-state index contributed by atoms with van der Waals surface area (Å²) in [6.07, 6.45) is -1.45. The molecule has 2 aromatic rings. The largest absolute Gasteiger partial charge is 0.416 e. The fraction of sp³-hybridized carbons (Fsp3) is 0.200. The van der Waals surface area contributed by atoms with Gasteiger partial charge >= 0.3 is 6.18 Å². The van der Waals surface area contributed by atoms with Crippen LogP contribution in [0.1, 0.15) is 11.1 Å². The van der Waals surface area contributed by atoms with Crippen LogP contribution >= 0.6 is 0 Å². The van der Waals surface area contributed by atoms with Crippen molar-refractivity contribution in [1.82, 2.24) is 15.0 Å². The molecule has 0 fully saturated rings. The number of nitrogens with zero attached hydrogens (tertiary/aromatic N) is 3. The van der Waals surface area contributed by atoms with Crippen molar-refractivity contribution in [2.45, 2.75) is 13.1 Å². The van der Waals surface area contributed by atoms with E-state index in [1.54, 1.807) is 6.07 Å². The van der Waals surface area contributed by atoms with Crippen LogP contribution in [-0.4, -0.2) is 15.0 Å². The van der Waals surface area contributed by atoms with Gasteiger partial charge in [0.2, 0.25) is 0 Å². The number of aromatic nitrogens is 3. The lowest BCUT2D eigenvalue weighted by atomic mass is 10.1. The minimum atomic E-state index is -4.35. The first-order valence-corrected chi connectivity index (χ1v) is 4.53. The number of aryl methyl sites for hydroxylation is 1. The fourth-order valence-electron chi connectivity index (χ4n) is 1.40. The fourth-order valence-corrected chi connectivity index (χ4v) is 1.40. The molecule has 0 N–H and O–H groups in total. The van der Waals surface area contributed by atoms with Gasteiger partial charge in [-0.2, -0.15) is 13.2 Å². The molecule has 0 amide bonds. The van der Waals surface area contributed by atoms with E-state index in [1.165, 1.54) is 30.1 Å². The van der Waals surface area contributed by atoms with Crippen molar-refractivity contribution in [1.29, 1.82) is 0 Å². The summed E-state index contributed by atoms with van der Waals surface area (Å²) >= 11 is 0. The van der Waals surface area contributed by atoms with E-state index in [2.05, 4.69) is 10.3 Å². The molecule has 2 rings (SSSR count). The van der Waals surface area contributed by atoms with Crippen LogP contribution in [0.2, 0.25) is 0 Å². The Morgan fingerprint density at radius 1 is 1.25 bits per heavy atom. The molecule has 0 saturated heterocycles. The van der Waals surface area contributed by atoms with Gasteiger partial charge < -0.3 is 0 Å². The smallest absolute Gasteiger partial charge is 0.221 e. The zero-order chi connectivity index (χ0) is 11.8. The van der Waals surface area contributed by atoms with E-state index in [9.17, 15) is 13.2 Å². The molecule has 1 aromatic heterocycles. The van der Waals surface area contributed by atoms with Crippen LogP contribution in [0.25, 0.3) is 5.69 Å². The van der Waals surface area contributed by atoms with Crippen molar-refractivity contribution in [2.24, 2.45) is 0 Å². The first-order valence-electron chi connectivity index (χ1n) is 4.53. The summed E-state index contributed by atoms with van der Waals surface area (Å²) in [6, 6.07) is 4.04. The van der Waals surface area contributed by atoms with E-state index in [0.29, 0.717) is 5.69 Å². The van der Waals surface area contributed by atoms with Gasteiger partial charge in [0.15, 0.2) is 0 Å². The molecule has 6 heteroatoms. The molecule has 0 bridgehead atoms. The van der Waals surface area contributed by atoms with Gasteiger partial charge in [0, 0.05) is 0 Å². The van der Waals surface area contributed by atoms with Crippen molar-refractivity contribution in [2.75, 3.05) is 0 Å². The number of benzene rings is 1. The molecule has 0 aliphatic carbocycles. The molecule has 0 atom stereocenters. The Bertz CT molecular complexity index is 489. The van der Waals surface area contributed by atoms with Gasteiger partial charge in [-0.1, -0.05) is 11.3 Å². The van der Waals surface area contributed by atoms with Crippen LogP contribution in [0.15, 0.2) is 30.6 Å². The second-order valence-electron chi connectivity index (χ2n) is 3.34. The Kier molecular flexibility index (Phi) is 2.41. The van der Waals surface area contributed by atoms with Crippen molar-refractivity contribution < 1.29 is 13.2 Å². The molecule has 16 heavy (non-hydrogen) atoms. The monoisotopic (exact) mass is 227 g/mol. The van der Waals surface area contributed by atoms with E-state index >= 15 is 0 Å². The SMILES string of the molecule is Cc1ccc(-n2ccnn2)cc1C(F)(F)F. The summed E-state index contributed by atoms with van der Waals surface area (Å²) in [7, 11) is 0. The maximum Gasteiger partial charge on any atom is 0.416 e. The molecule has 0 spiro atoms. The molecule has 0 aliphatic rings. The highest BCUT2D eigenvalue weighted by Crippen LogP contribution is 2.32. The number of rotatable bonds is 1. The van der Waals surface area contributed by atoms with Gasteiger partial charge in [0.25, 0.3) is 0 Å². The van der Waals surface area contributed by atoms with Crippen molar-refractivity contribution >= 4 is 0 Å². The Balaban J connectivity index is 2.52. The topological polar surface area (TPSA) is 30.7 Å². The normalized spacial score (nSPS) is 11.8. The maximum absolute atomic E-state index is 12.6. The molecular weight excluding hydrogens is 219 g/mol. The lowest BCUT2D eigenvalue weighted by molar-refractivity contribution is -0.138. The van der Waals surface area contributed by atoms with Gasteiger partial charge in [-0.05, 0) is 24.6 Å². The summed E-state index contributed by atoms with van der Waals surface area (Å²) in [5, 5.41) is 7.18. The van der Waals surface area contributed by atoms with Crippen LogP contribution < -0.4 is 0 Å². The van der Waals surface area contributed by atoms with E-state index in [-0.39, 0.29) is 5.56 Å². The Labute approximate surface area is 89.5 Å². The maximum atomic E-state index is 12.6. The minimum absolute atomic E-state index is 0.191. The van der Waals surface area contributed by atoms with E-state index in [4.69, 9.17) is 0 Å². The highest BCUT2D eigenvalue weighted by Gasteiger charge is 2.32. The Hall–Kier alpha value is -1.85. The van der Waals surface area contributed by atoms with Gasteiger partial charge in [-0.3, -0.25) is 0 Å². The van der Waals surface area contributed by atoms with Crippen LogP contribution in [0.3, 0.4) is 0 Å².